The van der Waals surface area contributed by atoms with Gasteiger partial charge in [-0.15, -0.1) is 0 Å². The molecule has 0 aromatic heterocycles. The van der Waals surface area contributed by atoms with Gasteiger partial charge in [0.2, 0.25) is 0 Å². The number of hydrogen-bond acceptors (Lipinski definition) is 4. The lowest BCUT2D eigenvalue weighted by Crippen LogP contribution is -2.11. The summed E-state index contributed by atoms with van der Waals surface area (Å²) in [6.45, 7) is 4.07. The molecule has 0 saturated carbocycles. The fourth-order valence-electron chi connectivity index (χ4n) is 2.27. The van der Waals surface area contributed by atoms with Crippen LogP contribution in [0.15, 0.2) is 35.2 Å². The van der Waals surface area contributed by atoms with Gasteiger partial charge in [0.05, 0.1) is 6.61 Å². The molecule has 0 atom stereocenters. The van der Waals surface area contributed by atoms with E-state index in [1.54, 1.807) is 6.92 Å². The van der Waals surface area contributed by atoms with Crippen molar-refractivity contribution in [3.05, 3.63) is 35.2 Å². The van der Waals surface area contributed by atoms with Gasteiger partial charge in [0.25, 0.3) is 5.95 Å². The van der Waals surface area contributed by atoms with E-state index in [0.717, 1.165) is 56.5 Å². The van der Waals surface area contributed by atoms with Crippen molar-refractivity contribution in [2.75, 3.05) is 6.61 Å². The maximum Gasteiger partial charge on any atom is 0.340 e. The minimum absolute atomic E-state index is 0.275. The summed E-state index contributed by atoms with van der Waals surface area (Å²) < 4.78 is 16.8. The molecule has 0 N–H and O–H groups in total. The molecule has 0 radical (unpaired) electrons. The molecule has 2 aliphatic carbocycles. The van der Waals surface area contributed by atoms with E-state index in [1.165, 1.54) is 0 Å². The van der Waals surface area contributed by atoms with Crippen molar-refractivity contribution in [3.8, 4) is 0 Å². The van der Waals surface area contributed by atoms with Crippen LogP contribution in [-0.4, -0.2) is 12.6 Å². The number of carbonyl (C=O) groups is 1. The molecule has 116 valence electrons. The highest BCUT2D eigenvalue weighted by atomic mass is 16.7. The van der Waals surface area contributed by atoms with Gasteiger partial charge in [-0.3, -0.25) is 0 Å². The molecule has 2 aliphatic rings. The first-order chi connectivity index (χ1) is 10.2. The summed E-state index contributed by atoms with van der Waals surface area (Å²) in [5, 5.41) is 0. The molecule has 0 aromatic rings. The smallest absolute Gasteiger partial charge is 0.340 e. The summed E-state index contributed by atoms with van der Waals surface area (Å²) in [6, 6.07) is 0. The summed E-state index contributed by atoms with van der Waals surface area (Å²) in [5.41, 5.74) is 0.393. The number of carbonyl (C=O) groups excluding carboxylic acids is 1. The maximum atomic E-state index is 12.0. The van der Waals surface area contributed by atoms with Crippen molar-refractivity contribution < 1.29 is 19.0 Å². The lowest BCUT2D eigenvalue weighted by molar-refractivity contribution is -0.139. The molecular weight excluding hydrogens is 268 g/mol. The SMILES string of the molecule is CCCOC(=O)C(C)=C(OC1=CCCC1)OC1=CCCC1. The maximum absolute atomic E-state index is 12.0. The van der Waals surface area contributed by atoms with E-state index in [-0.39, 0.29) is 11.9 Å². The molecule has 0 amide bonds. The monoisotopic (exact) mass is 292 g/mol. The molecule has 0 spiro atoms. The van der Waals surface area contributed by atoms with E-state index in [4.69, 9.17) is 14.2 Å². The van der Waals surface area contributed by atoms with Crippen molar-refractivity contribution in [1.29, 1.82) is 0 Å². The number of rotatable bonds is 7. The molecule has 0 saturated heterocycles. The zero-order valence-corrected chi connectivity index (χ0v) is 12.9. The largest absolute Gasteiger partial charge is 0.462 e. The van der Waals surface area contributed by atoms with Gasteiger partial charge in [0.1, 0.15) is 17.1 Å². The van der Waals surface area contributed by atoms with Crippen LogP contribution in [0, 0.1) is 0 Å². The Morgan fingerprint density at radius 3 is 2.10 bits per heavy atom. The Kier molecular flexibility index (Phi) is 5.90. The van der Waals surface area contributed by atoms with Crippen LogP contribution in [0.2, 0.25) is 0 Å². The fourth-order valence-corrected chi connectivity index (χ4v) is 2.27. The Morgan fingerprint density at radius 2 is 1.67 bits per heavy atom. The van der Waals surface area contributed by atoms with E-state index < -0.39 is 0 Å². The van der Waals surface area contributed by atoms with Crippen LogP contribution in [-0.2, 0) is 19.0 Å². The van der Waals surface area contributed by atoms with Crippen molar-refractivity contribution in [2.24, 2.45) is 0 Å². The van der Waals surface area contributed by atoms with Crippen LogP contribution >= 0.6 is 0 Å². The summed E-state index contributed by atoms with van der Waals surface area (Å²) in [7, 11) is 0. The second-order valence-corrected chi connectivity index (χ2v) is 5.38. The second kappa shape index (κ2) is 7.91. The van der Waals surface area contributed by atoms with Crippen molar-refractivity contribution in [2.45, 2.75) is 58.8 Å². The molecular formula is C17H24O4. The number of ether oxygens (including phenoxy) is 3. The van der Waals surface area contributed by atoms with Gasteiger partial charge in [0.15, 0.2) is 0 Å². The highest BCUT2D eigenvalue weighted by Crippen LogP contribution is 2.28. The second-order valence-electron chi connectivity index (χ2n) is 5.38. The summed E-state index contributed by atoms with van der Waals surface area (Å²) in [4.78, 5) is 12.0. The third-order valence-corrected chi connectivity index (χ3v) is 3.50. The zero-order chi connectivity index (χ0) is 15.1. The molecule has 4 nitrogen and oxygen atoms in total. The Balaban J connectivity index is 2.09. The predicted octanol–water partition coefficient (Wildman–Crippen LogP) is 4.34. The number of esters is 1. The standard InChI is InChI=1S/C17H24O4/c1-3-12-19-16(18)13(2)17(20-14-8-4-5-9-14)21-15-10-6-7-11-15/h8,10H,3-7,9,11-12H2,1-2H3. The quantitative estimate of drug-likeness (QED) is 0.398. The molecule has 2 rings (SSSR count). The minimum atomic E-state index is -0.371. The molecule has 0 bridgehead atoms. The average Bonchev–Trinajstić information content (AvgIpc) is 3.16. The molecule has 0 fully saturated rings. The van der Waals surface area contributed by atoms with Gasteiger partial charge in [-0.25, -0.2) is 4.79 Å². The first-order valence-electron chi connectivity index (χ1n) is 7.82. The third kappa shape index (κ3) is 4.66. The van der Waals surface area contributed by atoms with Gasteiger partial charge in [-0.1, -0.05) is 6.92 Å². The number of allylic oxidation sites excluding steroid dienone is 4. The van der Waals surface area contributed by atoms with Crippen LogP contribution in [0.25, 0.3) is 0 Å². The van der Waals surface area contributed by atoms with Gasteiger partial charge in [-0.2, -0.15) is 0 Å². The van der Waals surface area contributed by atoms with Gasteiger partial charge < -0.3 is 14.2 Å². The highest BCUT2D eigenvalue weighted by Gasteiger charge is 2.20. The predicted molar refractivity (Wildman–Crippen MR) is 80.0 cm³/mol. The van der Waals surface area contributed by atoms with Crippen LogP contribution < -0.4 is 0 Å². The van der Waals surface area contributed by atoms with Gasteiger partial charge in [0, 0.05) is 12.8 Å². The normalized spacial score (nSPS) is 17.0. The summed E-state index contributed by atoms with van der Waals surface area (Å²) in [5.74, 6) is 1.67. The molecule has 0 aromatic carbocycles. The van der Waals surface area contributed by atoms with E-state index >= 15 is 0 Å². The molecule has 21 heavy (non-hydrogen) atoms. The van der Waals surface area contributed by atoms with E-state index in [2.05, 4.69) is 12.2 Å². The van der Waals surface area contributed by atoms with Crippen molar-refractivity contribution in [1.82, 2.24) is 0 Å². The lowest BCUT2D eigenvalue weighted by Gasteiger charge is -2.15. The highest BCUT2D eigenvalue weighted by molar-refractivity contribution is 5.88. The lowest BCUT2D eigenvalue weighted by atomic mass is 10.3. The Morgan fingerprint density at radius 1 is 1.10 bits per heavy atom. The van der Waals surface area contributed by atoms with E-state index in [1.807, 2.05) is 6.92 Å². The molecule has 0 aliphatic heterocycles. The first-order valence-corrected chi connectivity index (χ1v) is 7.82. The molecule has 0 heterocycles. The zero-order valence-electron chi connectivity index (χ0n) is 12.9. The summed E-state index contributed by atoms with van der Waals surface area (Å²) >= 11 is 0. The Labute approximate surface area is 126 Å². The Hall–Kier alpha value is -1.71. The molecule has 0 unspecified atom stereocenters. The van der Waals surface area contributed by atoms with E-state index in [0.29, 0.717) is 12.2 Å². The molecule has 4 heteroatoms. The Bertz CT molecular complexity index is 443. The topological polar surface area (TPSA) is 44.8 Å². The summed E-state index contributed by atoms with van der Waals surface area (Å²) in [6.07, 6.45) is 10.9. The van der Waals surface area contributed by atoms with Crippen LogP contribution in [0.1, 0.15) is 58.8 Å². The number of hydrogen-bond donors (Lipinski definition) is 0. The van der Waals surface area contributed by atoms with Crippen molar-refractivity contribution >= 4 is 5.97 Å². The first kappa shape index (κ1) is 15.7. The van der Waals surface area contributed by atoms with Gasteiger partial charge >= 0.3 is 5.97 Å². The van der Waals surface area contributed by atoms with E-state index in [9.17, 15) is 4.79 Å². The fraction of sp³-hybridized carbons (Fsp3) is 0.588. The minimum Gasteiger partial charge on any atom is -0.462 e. The van der Waals surface area contributed by atoms with Crippen LogP contribution in [0.5, 0.6) is 0 Å². The average molecular weight is 292 g/mol. The van der Waals surface area contributed by atoms with Gasteiger partial charge in [-0.05, 0) is 51.2 Å². The third-order valence-electron chi connectivity index (χ3n) is 3.50. The van der Waals surface area contributed by atoms with Crippen LogP contribution in [0.4, 0.5) is 0 Å². The van der Waals surface area contributed by atoms with Crippen LogP contribution in [0.3, 0.4) is 0 Å². The van der Waals surface area contributed by atoms with Crippen molar-refractivity contribution in [3.63, 3.8) is 0 Å².